The number of hydrogen-bond acceptors (Lipinski definition) is 1. The van der Waals surface area contributed by atoms with Crippen LogP contribution in [0.3, 0.4) is 0 Å². The number of nitrogens with one attached hydrogen (secondary N) is 1. The summed E-state index contributed by atoms with van der Waals surface area (Å²) in [6.07, 6.45) is 1.52. The van der Waals surface area contributed by atoms with E-state index in [1.165, 1.54) is 12.3 Å². The molecular weight excluding hydrogens is 212 g/mol. The Labute approximate surface area is 91.3 Å². The Kier molecular flexibility index (Phi) is 2.30. The summed E-state index contributed by atoms with van der Waals surface area (Å²) in [4.78, 5) is 13.5. The first-order valence-electron chi connectivity index (χ1n) is 4.89. The molecule has 0 saturated carbocycles. The van der Waals surface area contributed by atoms with E-state index in [2.05, 4.69) is 4.98 Å². The first-order chi connectivity index (χ1) is 7.47. The number of aldehydes is 1. The van der Waals surface area contributed by atoms with Crippen LogP contribution in [-0.4, -0.2) is 11.3 Å². The van der Waals surface area contributed by atoms with E-state index in [0.717, 1.165) is 12.5 Å². The van der Waals surface area contributed by atoms with Crippen LogP contribution in [0.5, 0.6) is 0 Å². The highest BCUT2D eigenvalue weighted by molar-refractivity contribution is 5.90. The highest BCUT2D eigenvalue weighted by Gasteiger charge is 2.29. The third-order valence-electron chi connectivity index (χ3n) is 2.74. The van der Waals surface area contributed by atoms with Gasteiger partial charge in [0.1, 0.15) is 5.82 Å². The fourth-order valence-corrected chi connectivity index (χ4v) is 1.80. The lowest BCUT2D eigenvalue weighted by Crippen LogP contribution is -2.16. The Balaban J connectivity index is 2.84. The number of fused-ring (bicyclic) bond motifs is 1. The van der Waals surface area contributed by atoms with Crippen LogP contribution in [0, 0.1) is 12.7 Å². The maximum Gasteiger partial charge on any atom is 0.190 e. The first kappa shape index (κ1) is 10.8. The van der Waals surface area contributed by atoms with Crippen LogP contribution < -0.4 is 0 Å². The van der Waals surface area contributed by atoms with Gasteiger partial charge in [-0.2, -0.15) is 0 Å². The Morgan fingerprint density at radius 3 is 2.75 bits per heavy atom. The third kappa shape index (κ3) is 1.41. The predicted molar refractivity (Wildman–Crippen MR) is 57.5 cm³/mol. The van der Waals surface area contributed by atoms with Crippen molar-refractivity contribution in [2.45, 2.75) is 19.5 Å². The molecule has 0 aliphatic heterocycles. The summed E-state index contributed by atoms with van der Waals surface area (Å²) in [5.74, 6) is -0.525. The number of benzene rings is 1. The van der Waals surface area contributed by atoms with Crippen molar-refractivity contribution in [2.24, 2.45) is 0 Å². The van der Waals surface area contributed by atoms with Crippen LogP contribution in [0.15, 0.2) is 18.3 Å². The lowest BCUT2D eigenvalue weighted by molar-refractivity contribution is -0.117. The van der Waals surface area contributed by atoms with Crippen LogP contribution in [0.25, 0.3) is 10.9 Å². The van der Waals surface area contributed by atoms with Gasteiger partial charge in [0.25, 0.3) is 0 Å². The number of hydrogen-bond donors (Lipinski definition) is 1. The van der Waals surface area contributed by atoms with Gasteiger partial charge in [-0.15, -0.1) is 0 Å². The van der Waals surface area contributed by atoms with Crippen molar-refractivity contribution in [1.29, 1.82) is 0 Å². The molecule has 1 unspecified atom stereocenters. The van der Waals surface area contributed by atoms with Crippen molar-refractivity contribution in [3.63, 3.8) is 0 Å². The molecule has 1 aromatic heterocycles. The SMILES string of the molecule is Cc1ccc(F)c2c(C(C)(F)C=O)c[nH]c12. The average molecular weight is 223 g/mol. The molecular formula is C12H11F2NO. The topological polar surface area (TPSA) is 32.9 Å². The second-order valence-corrected chi connectivity index (χ2v) is 4.01. The van der Waals surface area contributed by atoms with Crippen LogP contribution in [0.2, 0.25) is 0 Å². The van der Waals surface area contributed by atoms with E-state index in [0.29, 0.717) is 5.52 Å². The molecule has 0 saturated heterocycles. The van der Waals surface area contributed by atoms with Crippen LogP contribution in [0.4, 0.5) is 8.78 Å². The number of aryl methyl sites for hydroxylation is 1. The fourth-order valence-electron chi connectivity index (χ4n) is 1.80. The minimum Gasteiger partial charge on any atom is -0.360 e. The van der Waals surface area contributed by atoms with E-state index in [4.69, 9.17) is 0 Å². The summed E-state index contributed by atoms with van der Waals surface area (Å²) in [6.45, 7) is 2.91. The standard InChI is InChI=1S/C12H11F2NO/c1-7-3-4-9(13)10-8(5-15-11(7)10)12(2,14)6-16/h3-6,15H,1-2H3. The number of carbonyl (C=O) groups excluding carboxylic acids is 1. The Morgan fingerprint density at radius 1 is 1.44 bits per heavy atom. The normalized spacial score (nSPS) is 15.0. The van der Waals surface area contributed by atoms with Crippen molar-refractivity contribution >= 4 is 17.2 Å². The lowest BCUT2D eigenvalue weighted by atomic mass is 9.98. The minimum absolute atomic E-state index is 0.0405. The van der Waals surface area contributed by atoms with Gasteiger partial charge in [0.2, 0.25) is 0 Å². The molecule has 84 valence electrons. The zero-order chi connectivity index (χ0) is 11.9. The van der Waals surface area contributed by atoms with Gasteiger partial charge in [-0.3, -0.25) is 4.79 Å². The van der Waals surface area contributed by atoms with Crippen LogP contribution in [-0.2, 0) is 10.5 Å². The van der Waals surface area contributed by atoms with Gasteiger partial charge in [-0.25, -0.2) is 8.78 Å². The van der Waals surface area contributed by atoms with Gasteiger partial charge in [0.05, 0.1) is 5.52 Å². The number of alkyl halides is 1. The number of rotatable bonds is 2. The molecule has 1 aromatic carbocycles. The zero-order valence-corrected chi connectivity index (χ0v) is 8.97. The van der Waals surface area contributed by atoms with E-state index in [1.807, 2.05) is 0 Å². The Morgan fingerprint density at radius 2 is 2.12 bits per heavy atom. The molecule has 16 heavy (non-hydrogen) atoms. The Hall–Kier alpha value is -1.71. The number of H-pyrrole nitrogens is 1. The molecule has 0 fully saturated rings. The van der Waals surface area contributed by atoms with E-state index < -0.39 is 11.5 Å². The molecule has 0 amide bonds. The average Bonchev–Trinajstić information content (AvgIpc) is 2.70. The molecule has 1 heterocycles. The van der Waals surface area contributed by atoms with Crippen molar-refractivity contribution in [3.05, 3.63) is 35.3 Å². The third-order valence-corrected chi connectivity index (χ3v) is 2.74. The van der Waals surface area contributed by atoms with Gasteiger partial charge >= 0.3 is 0 Å². The fraction of sp³-hybridized carbons (Fsp3) is 0.250. The second-order valence-electron chi connectivity index (χ2n) is 4.01. The quantitative estimate of drug-likeness (QED) is 0.780. The largest absolute Gasteiger partial charge is 0.360 e. The molecule has 0 bridgehead atoms. The van der Waals surface area contributed by atoms with Crippen molar-refractivity contribution in [1.82, 2.24) is 4.98 Å². The molecule has 1 atom stereocenters. The van der Waals surface area contributed by atoms with E-state index in [-0.39, 0.29) is 17.2 Å². The highest BCUT2D eigenvalue weighted by atomic mass is 19.1. The molecule has 2 rings (SSSR count). The summed E-state index contributed by atoms with van der Waals surface area (Å²) < 4.78 is 27.5. The molecule has 0 spiro atoms. The second kappa shape index (κ2) is 3.40. The molecule has 2 nitrogen and oxygen atoms in total. The highest BCUT2D eigenvalue weighted by Crippen LogP contribution is 2.33. The number of aromatic amines is 1. The van der Waals surface area contributed by atoms with Gasteiger partial charge < -0.3 is 4.98 Å². The van der Waals surface area contributed by atoms with Gasteiger partial charge in [0, 0.05) is 17.1 Å². The molecule has 0 aliphatic carbocycles. The number of halogens is 2. The molecule has 0 aliphatic rings. The van der Waals surface area contributed by atoms with Crippen LogP contribution >= 0.6 is 0 Å². The molecule has 0 radical (unpaired) electrons. The number of carbonyl (C=O) groups is 1. The Bertz CT molecular complexity index is 557. The summed E-state index contributed by atoms with van der Waals surface area (Å²) in [5.41, 5.74) is -0.795. The molecule has 1 N–H and O–H groups in total. The molecule has 2 aromatic rings. The maximum absolute atomic E-state index is 13.9. The predicted octanol–water partition coefficient (Wildman–Crippen LogP) is 3.00. The summed E-state index contributed by atoms with van der Waals surface area (Å²) in [7, 11) is 0. The lowest BCUT2D eigenvalue weighted by Gasteiger charge is -2.11. The maximum atomic E-state index is 13.9. The van der Waals surface area contributed by atoms with Crippen LogP contribution in [0.1, 0.15) is 18.1 Å². The smallest absolute Gasteiger partial charge is 0.190 e. The minimum atomic E-state index is -2.17. The van der Waals surface area contributed by atoms with Gasteiger partial charge in [-0.1, -0.05) is 6.07 Å². The molecule has 4 heteroatoms. The van der Waals surface area contributed by atoms with Gasteiger partial charge in [0.15, 0.2) is 12.0 Å². The van der Waals surface area contributed by atoms with E-state index >= 15 is 0 Å². The van der Waals surface area contributed by atoms with Crippen molar-refractivity contribution < 1.29 is 13.6 Å². The van der Waals surface area contributed by atoms with E-state index in [1.54, 1.807) is 13.0 Å². The summed E-state index contributed by atoms with van der Waals surface area (Å²) in [6, 6.07) is 2.88. The summed E-state index contributed by atoms with van der Waals surface area (Å²) in [5, 5.41) is 0.150. The summed E-state index contributed by atoms with van der Waals surface area (Å²) >= 11 is 0. The zero-order valence-electron chi connectivity index (χ0n) is 8.97. The van der Waals surface area contributed by atoms with E-state index in [9.17, 15) is 13.6 Å². The number of aromatic nitrogens is 1. The first-order valence-corrected chi connectivity index (χ1v) is 4.89. The van der Waals surface area contributed by atoms with Crippen molar-refractivity contribution in [2.75, 3.05) is 0 Å². The monoisotopic (exact) mass is 223 g/mol. The van der Waals surface area contributed by atoms with Crippen molar-refractivity contribution in [3.8, 4) is 0 Å². The van der Waals surface area contributed by atoms with Gasteiger partial charge in [-0.05, 0) is 25.5 Å².